The number of nitriles is 1. The van der Waals surface area contributed by atoms with Gasteiger partial charge in [-0.15, -0.1) is 11.8 Å². The van der Waals surface area contributed by atoms with Gasteiger partial charge < -0.3 is 20.1 Å². The maximum atomic E-state index is 12.9. The highest BCUT2D eigenvalue weighted by Crippen LogP contribution is 2.37. The molecule has 0 saturated carbocycles. The van der Waals surface area contributed by atoms with E-state index >= 15 is 0 Å². The van der Waals surface area contributed by atoms with Crippen LogP contribution < -0.4 is 10.1 Å². The van der Waals surface area contributed by atoms with Crippen LogP contribution in [0.4, 0.5) is 5.69 Å². The van der Waals surface area contributed by atoms with E-state index in [-0.39, 0.29) is 29.6 Å². The quantitative estimate of drug-likeness (QED) is 0.385. The number of nitrogens with one attached hydrogen (secondary N) is 1. The molecule has 3 unspecified atom stereocenters. The van der Waals surface area contributed by atoms with Crippen LogP contribution in [-0.2, 0) is 16.0 Å². The number of anilines is 1. The summed E-state index contributed by atoms with van der Waals surface area (Å²) in [6.07, 6.45) is 1.22. The van der Waals surface area contributed by atoms with E-state index in [1.807, 2.05) is 37.3 Å². The maximum absolute atomic E-state index is 12.9. The highest BCUT2D eigenvalue weighted by atomic mass is 32.2. The molecule has 1 amide bonds. The third-order valence-electron chi connectivity index (χ3n) is 5.52. The Labute approximate surface area is 198 Å². The first-order chi connectivity index (χ1) is 16.1. The molecule has 3 atom stereocenters. The molecular formula is C25H29N3O4S. The molecule has 1 saturated heterocycles. The summed E-state index contributed by atoms with van der Waals surface area (Å²) in [4.78, 5) is 27.4. The molecule has 1 heterocycles. The average Bonchev–Trinajstić information content (AvgIpc) is 3.13. The molecule has 0 radical (unpaired) electrons. The van der Waals surface area contributed by atoms with Crippen molar-refractivity contribution in [3.63, 3.8) is 0 Å². The van der Waals surface area contributed by atoms with Gasteiger partial charge in [0, 0.05) is 31.8 Å². The van der Waals surface area contributed by atoms with Crippen LogP contribution >= 0.6 is 11.8 Å². The molecule has 1 aliphatic rings. The van der Waals surface area contributed by atoms with Crippen molar-refractivity contribution in [2.24, 2.45) is 5.92 Å². The lowest BCUT2D eigenvalue weighted by atomic mass is 10.1. The predicted octanol–water partition coefficient (Wildman–Crippen LogP) is 3.45. The van der Waals surface area contributed by atoms with Crippen LogP contribution in [0.15, 0.2) is 54.6 Å². The SMILES string of the molecule is CCN1C(=O)C(CCNc2ccccc2)SC1CC(C#N)C(=O)Oc1ccccc1CCO. The molecule has 3 rings (SSSR count). The van der Waals surface area contributed by atoms with E-state index in [4.69, 9.17) is 4.74 Å². The summed E-state index contributed by atoms with van der Waals surface area (Å²) in [6.45, 7) is 3.01. The molecule has 0 bridgehead atoms. The van der Waals surface area contributed by atoms with Crippen LogP contribution in [0.3, 0.4) is 0 Å². The number of carbonyl (C=O) groups is 2. The lowest BCUT2D eigenvalue weighted by Gasteiger charge is -2.23. The van der Waals surface area contributed by atoms with E-state index in [0.717, 1.165) is 5.69 Å². The number of para-hydroxylation sites is 2. The van der Waals surface area contributed by atoms with Gasteiger partial charge in [-0.2, -0.15) is 5.26 Å². The zero-order valence-corrected chi connectivity index (χ0v) is 19.5. The molecule has 1 aliphatic heterocycles. The second-order valence-electron chi connectivity index (χ2n) is 7.70. The summed E-state index contributed by atoms with van der Waals surface area (Å²) in [5.41, 5.74) is 1.71. The molecule has 1 fully saturated rings. The fourth-order valence-electron chi connectivity index (χ4n) is 3.80. The van der Waals surface area contributed by atoms with Gasteiger partial charge >= 0.3 is 5.97 Å². The topological polar surface area (TPSA) is 103 Å². The number of esters is 1. The molecule has 0 spiro atoms. The Morgan fingerprint density at radius 1 is 1.24 bits per heavy atom. The van der Waals surface area contributed by atoms with Crippen molar-refractivity contribution in [3.8, 4) is 11.8 Å². The predicted molar refractivity (Wildman–Crippen MR) is 129 cm³/mol. The Kier molecular flexibility index (Phi) is 9.16. The zero-order chi connectivity index (χ0) is 23.6. The molecule has 7 nitrogen and oxygen atoms in total. The summed E-state index contributed by atoms with van der Waals surface area (Å²) >= 11 is 1.51. The van der Waals surface area contributed by atoms with Crippen LogP contribution in [0.25, 0.3) is 0 Å². The number of hydrogen-bond acceptors (Lipinski definition) is 7. The Hall–Kier alpha value is -3.02. The van der Waals surface area contributed by atoms with Crippen molar-refractivity contribution in [2.45, 2.75) is 36.8 Å². The molecule has 174 valence electrons. The summed E-state index contributed by atoms with van der Waals surface area (Å²) in [5.74, 6) is -1.24. The Balaban J connectivity index is 1.59. The van der Waals surface area contributed by atoms with Gasteiger partial charge in [0.1, 0.15) is 11.7 Å². The molecule has 2 aromatic carbocycles. The summed E-state index contributed by atoms with van der Waals surface area (Å²) in [5, 5.41) is 21.7. The van der Waals surface area contributed by atoms with Crippen LogP contribution in [0, 0.1) is 17.2 Å². The molecule has 0 aromatic heterocycles. The van der Waals surface area contributed by atoms with E-state index in [1.54, 1.807) is 29.2 Å². The van der Waals surface area contributed by atoms with Crippen molar-refractivity contribution >= 4 is 29.3 Å². The normalized spacial score (nSPS) is 18.6. The molecule has 0 aliphatic carbocycles. The lowest BCUT2D eigenvalue weighted by molar-refractivity contribution is -0.138. The third-order valence-corrected chi connectivity index (χ3v) is 7.05. The van der Waals surface area contributed by atoms with Gasteiger partial charge in [0.25, 0.3) is 0 Å². The molecule has 8 heteroatoms. The van der Waals surface area contributed by atoms with Gasteiger partial charge in [0.15, 0.2) is 0 Å². The average molecular weight is 468 g/mol. The van der Waals surface area contributed by atoms with Crippen LogP contribution in [0.2, 0.25) is 0 Å². The second-order valence-corrected chi connectivity index (χ2v) is 9.09. The Bertz CT molecular complexity index is 979. The Morgan fingerprint density at radius 2 is 1.97 bits per heavy atom. The zero-order valence-electron chi connectivity index (χ0n) is 18.6. The number of thioether (sulfide) groups is 1. The number of aliphatic hydroxyl groups excluding tert-OH is 1. The van der Waals surface area contributed by atoms with Crippen molar-refractivity contribution in [1.29, 1.82) is 5.26 Å². The van der Waals surface area contributed by atoms with Gasteiger partial charge in [-0.3, -0.25) is 9.59 Å². The second kappa shape index (κ2) is 12.3. The lowest BCUT2D eigenvalue weighted by Crippen LogP contribution is -2.36. The largest absolute Gasteiger partial charge is 0.425 e. The molecule has 2 aromatic rings. The fourth-order valence-corrected chi connectivity index (χ4v) is 5.39. The number of aliphatic hydroxyl groups is 1. The van der Waals surface area contributed by atoms with Crippen molar-refractivity contribution in [3.05, 3.63) is 60.2 Å². The first-order valence-electron chi connectivity index (χ1n) is 11.1. The number of rotatable bonds is 11. The third kappa shape index (κ3) is 6.50. The molecule has 33 heavy (non-hydrogen) atoms. The van der Waals surface area contributed by atoms with Crippen LogP contribution in [-0.4, -0.2) is 52.2 Å². The summed E-state index contributed by atoms with van der Waals surface area (Å²) < 4.78 is 5.50. The number of amides is 1. The number of nitrogens with zero attached hydrogens (tertiary/aromatic N) is 2. The maximum Gasteiger partial charge on any atom is 0.328 e. The first-order valence-corrected chi connectivity index (χ1v) is 12.1. The standard InChI is InChI=1S/C25H29N3O4S/c1-2-28-23(33-22(24(28)30)12-14-27-20-9-4-3-5-10-20)16-19(17-26)25(31)32-21-11-7-6-8-18(21)13-15-29/h3-11,19,22-23,27,29H,2,12-16H2,1H3. The van der Waals surface area contributed by atoms with Crippen molar-refractivity contribution < 1.29 is 19.4 Å². The summed E-state index contributed by atoms with van der Waals surface area (Å²) in [6, 6.07) is 18.8. The summed E-state index contributed by atoms with van der Waals surface area (Å²) in [7, 11) is 0. The smallest absolute Gasteiger partial charge is 0.328 e. The van der Waals surface area contributed by atoms with E-state index in [2.05, 4.69) is 11.4 Å². The molecule has 2 N–H and O–H groups in total. The minimum Gasteiger partial charge on any atom is -0.425 e. The highest BCUT2D eigenvalue weighted by Gasteiger charge is 2.41. The number of hydrogen-bond donors (Lipinski definition) is 2. The highest BCUT2D eigenvalue weighted by molar-refractivity contribution is 8.01. The van der Waals surface area contributed by atoms with Crippen molar-refractivity contribution in [1.82, 2.24) is 4.90 Å². The number of ether oxygens (including phenoxy) is 1. The van der Waals surface area contributed by atoms with Crippen molar-refractivity contribution in [2.75, 3.05) is 25.0 Å². The van der Waals surface area contributed by atoms with Gasteiger partial charge in [-0.25, -0.2) is 0 Å². The Morgan fingerprint density at radius 3 is 2.67 bits per heavy atom. The monoisotopic (exact) mass is 467 g/mol. The fraction of sp³-hybridized carbons (Fsp3) is 0.400. The first kappa shape index (κ1) is 24.6. The van der Waals surface area contributed by atoms with E-state index < -0.39 is 11.9 Å². The van der Waals surface area contributed by atoms with Gasteiger partial charge in [-0.1, -0.05) is 36.4 Å². The van der Waals surface area contributed by atoms with Crippen LogP contribution in [0.5, 0.6) is 5.75 Å². The van der Waals surface area contributed by atoms with Crippen LogP contribution in [0.1, 0.15) is 25.3 Å². The molecular weight excluding hydrogens is 438 g/mol. The van der Waals surface area contributed by atoms with Gasteiger partial charge in [0.05, 0.1) is 16.7 Å². The van der Waals surface area contributed by atoms with E-state index in [0.29, 0.717) is 37.2 Å². The number of carbonyl (C=O) groups excluding carboxylic acids is 2. The minimum atomic E-state index is -0.993. The van der Waals surface area contributed by atoms with Gasteiger partial charge in [-0.05, 0) is 43.5 Å². The minimum absolute atomic E-state index is 0.0423. The van der Waals surface area contributed by atoms with E-state index in [9.17, 15) is 20.0 Å². The van der Waals surface area contributed by atoms with E-state index in [1.165, 1.54) is 11.8 Å². The van der Waals surface area contributed by atoms with Gasteiger partial charge in [0.2, 0.25) is 5.91 Å². The number of benzene rings is 2.